The van der Waals surface area contributed by atoms with Crippen LogP contribution in [0.2, 0.25) is 0 Å². The minimum absolute atomic E-state index is 0.0254. The van der Waals surface area contributed by atoms with E-state index in [9.17, 15) is 19.8 Å². The molecule has 1 aromatic rings. The summed E-state index contributed by atoms with van der Waals surface area (Å²) in [6, 6.07) is 2.00. The maximum absolute atomic E-state index is 13.8. The minimum Gasteiger partial charge on any atom is -0.504 e. The summed E-state index contributed by atoms with van der Waals surface area (Å²) in [6.45, 7) is 3.88. The number of amides is 1. The van der Waals surface area contributed by atoms with Crippen LogP contribution in [-0.4, -0.2) is 83.0 Å². The average Bonchev–Trinajstić information content (AvgIpc) is 3.39. The Morgan fingerprint density at radius 2 is 1.98 bits per heavy atom. The third kappa shape index (κ3) is 11.6. The van der Waals surface area contributed by atoms with E-state index in [0.717, 1.165) is 61.0 Å². The molecule has 4 bridgehead atoms. The monoisotopic (exact) mass is 744 g/mol. The Kier molecular flexibility index (Phi) is 14.5. The molecular formula is C37H56N6O6S2. The highest BCUT2D eigenvalue weighted by Crippen LogP contribution is 2.44. The average molecular weight is 745 g/mol. The number of hydrogen-bond acceptors (Lipinski definition) is 13. The van der Waals surface area contributed by atoms with Crippen LogP contribution in [0, 0.1) is 5.41 Å². The summed E-state index contributed by atoms with van der Waals surface area (Å²) in [7, 11) is 3.47. The molecule has 5 rings (SSSR count). The normalized spacial score (nSPS) is 26.3. The Labute approximate surface area is 310 Å². The fourth-order valence-corrected chi connectivity index (χ4v) is 9.46. The van der Waals surface area contributed by atoms with E-state index in [4.69, 9.17) is 20.9 Å². The standard InChI is InChI=1S/C37H56N6O6S2/c1-25(44)49-30-10-9-27-18-28(34(47)35-31(27)8-6-15-48-35)22-43-23-37(21-33(43)46,20-26-11-13-40-32(38)17-26)12-14-41-36(39)42-24-51-50-16-5-3-2-4-7-29(45)19-30/h11,17-18,29-30,40,45,47H,2-10,12-16,19-24,38H2,1H3,(H3,39,41,42). The number of esters is 1. The summed E-state index contributed by atoms with van der Waals surface area (Å²) in [6.07, 6.45) is 12.7. The zero-order chi connectivity index (χ0) is 36.2. The number of benzene rings is 1. The van der Waals surface area contributed by atoms with Crippen molar-refractivity contribution in [2.75, 3.05) is 37.9 Å². The second-order valence-corrected chi connectivity index (χ2v) is 16.9. The first kappa shape index (κ1) is 39.0. The number of hydrogen-bond donors (Lipinski definition) is 6. The molecule has 0 aromatic heterocycles. The van der Waals surface area contributed by atoms with Crippen molar-refractivity contribution in [3.8, 4) is 11.5 Å². The maximum Gasteiger partial charge on any atom is 0.302 e. The summed E-state index contributed by atoms with van der Waals surface area (Å²) < 4.78 is 11.7. The molecule has 4 aliphatic rings. The summed E-state index contributed by atoms with van der Waals surface area (Å²) in [4.78, 5) is 32.2. The van der Waals surface area contributed by atoms with E-state index < -0.39 is 12.2 Å². The molecule has 3 unspecified atom stereocenters. The van der Waals surface area contributed by atoms with Crippen LogP contribution in [0.4, 0.5) is 0 Å². The van der Waals surface area contributed by atoms with Crippen molar-refractivity contribution < 1.29 is 29.3 Å². The number of carbonyl (C=O) groups excluding carboxylic acids is 2. The number of allylic oxidation sites excluding steroid dienone is 2. The molecule has 3 atom stereocenters. The highest BCUT2D eigenvalue weighted by atomic mass is 33.1. The third-order valence-electron chi connectivity index (χ3n) is 10.2. The Balaban J connectivity index is 1.40. The molecule has 0 radical (unpaired) electrons. The van der Waals surface area contributed by atoms with Gasteiger partial charge in [0.15, 0.2) is 17.5 Å². The molecule has 4 heterocycles. The summed E-state index contributed by atoms with van der Waals surface area (Å²) >= 11 is 0. The first-order valence-corrected chi connectivity index (χ1v) is 20.9. The predicted octanol–water partition coefficient (Wildman–Crippen LogP) is 4.37. The van der Waals surface area contributed by atoms with Gasteiger partial charge in [-0.15, -0.1) is 0 Å². The number of nitrogens with one attached hydrogen (secondary N) is 2. The number of aliphatic hydroxyl groups excluding tert-OH is 1. The van der Waals surface area contributed by atoms with Gasteiger partial charge in [-0.1, -0.05) is 46.9 Å². The minimum atomic E-state index is -0.559. The second kappa shape index (κ2) is 19.0. The van der Waals surface area contributed by atoms with E-state index in [1.54, 1.807) is 21.6 Å². The van der Waals surface area contributed by atoms with E-state index in [1.165, 1.54) is 6.92 Å². The van der Waals surface area contributed by atoms with Crippen LogP contribution in [0.3, 0.4) is 0 Å². The largest absolute Gasteiger partial charge is 0.504 e. The molecule has 1 saturated heterocycles. The Morgan fingerprint density at radius 1 is 1.14 bits per heavy atom. The van der Waals surface area contributed by atoms with Gasteiger partial charge in [-0.05, 0) is 74.6 Å². The summed E-state index contributed by atoms with van der Waals surface area (Å²) in [5.74, 6) is 2.81. The number of carbonyl (C=O) groups is 2. The van der Waals surface area contributed by atoms with Crippen LogP contribution >= 0.6 is 21.6 Å². The van der Waals surface area contributed by atoms with E-state index in [-0.39, 0.29) is 29.6 Å². The SMILES string of the molecule is CC(=O)OC1CCc2cc(c(O)c3c2CCCO3)CN2CC(CC3=CCNC(N)=C3)(CCNC(N)=NCSSCCCCCCC(O)C1)CC2=O. The van der Waals surface area contributed by atoms with Crippen LogP contribution in [0.5, 0.6) is 11.5 Å². The number of aryl methyl sites for hydroxylation is 1. The Bertz CT molecular complexity index is 1470. The highest BCUT2D eigenvalue weighted by molar-refractivity contribution is 8.76. The number of nitrogens with zero attached hydrogens (tertiary/aromatic N) is 2. The van der Waals surface area contributed by atoms with Crippen LogP contribution < -0.4 is 26.8 Å². The van der Waals surface area contributed by atoms with Crippen LogP contribution in [0.25, 0.3) is 0 Å². The fraction of sp³-hybridized carbons (Fsp3) is 0.649. The van der Waals surface area contributed by atoms with E-state index in [0.29, 0.717) is 100 Å². The second-order valence-electron chi connectivity index (χ2n) is 14.3. The molecule has 0 saturated carbocycles. The van der Waals surface area contributed by atoms with Gasteiger partial charge in [0.2, 0.25) is 5.91 Å². The van der Waals surface area contributed by atoms with Crippen molar-refractivity contribution in [2.24, 2.45) is 21.9 Å². The first-order valence-electron chi connectivity index (χ1n) is 18.4. The Morgan fingerprint density at radius 3 is 2.80 bits per heavy atom. The lowest BCUT2D eigenvalue weighted by atomic mass is 9.77. The van der Waals surface area contributed by atoms with Crippen molar-refractivity contribution in [3.63, 3.8) is 0 Å². The van der Waals surface area contributed by atoms with Crippen molar-refractivity contribution in [3.05, 3.63) is 46.3 Å². The van der Waals surface area contributed by atoms with Gasteiger partial charge in [-0.3, -0.25) is 9.59 Å². The molecule has 1 fully saturated rings. The summed E-state index contributed by atoms with van der Waals surface area (Å²) in [5, 5.41) is 28.8. The molecule has 0 aliphatic carbocycles. The van der Waals surface area contributed by atoms with Gasteiger partial charge in [0.1, 0.15) is 6.10 Å². The van der Waals surface area contributed by atoms with Gasteiger partial charge in [0.25, 0.3) is 0 Å². The molecule has 282 valence electrons. The Hall–Kier alpha value is -3.23. The number of phenols is 1. The number of ether oxygens (including phenoxy) is 2. The van der Waals surface area contributed by atoms with Gasteiger partial charge in [-0.25, -0.2) is 4.99 Å². The fourth-order valence-electron chi connectivity index (χ4n) is 7.66. The lowest BCUT2D eigenvalue weighted by molar-refractivity contribution is -0.148. The van der Waals surface area contributed by atoms with Crippen molar-refractivity contribution >= 4 is 39.4 Å². The molecule has 12 nitrogen and oxygen atoms in total. The smallest absolute Gasteiger partial charge is 0.302 e. The van der Waals surface area contributed by atoms with Gasteiger partial charge in [0, 0.05) is 68.2 Å². The van der Waals surface area contributed by atoms with Crippen molar-refractivity contribution in [1.29, 1.82) is 0 Å². The number of aliphatic hydroxyl groups is 1. The van der Waals surface area contributed by atoms with Crippen LogP contribution in [0.15, 0.2) is 34.6 Å². The number of dihydropyridines is 1. The highest BCUT2D eigenvalue weighted by Gasteiger charge is 2.43. The van der Waals surface area contributed by atoms with E-state index in [1.807, 2.05) is 17.0 Å². The number of fused-ring (bicyclic) bond motifs is 6. The number of rotatable bonds is 3. The number of phenolic OH excluding ortho intramolecular Hbond substituents is 1. The maximum atomic E-state index is 13.8. The van der Waals surface area contributed by atoms with Gasteiger partial charge >= 0.3 is 5.97 Å². The molecular weight excluding hydrogens is 689 g/mol. The van der Waals surface area contributed by atoms with Crippen molar-refractivity contribution in [1.82, 2.24) is 15.5 Å². The topological polar surface area (TPSA) is 185 Å². The first-order chi connectivity index (χ1) is 24.6. The molecule has 14 heteroatoms. The molecule has 51 heavy (non-hydrogen) atoms. The number of aromatic hydroxyl groups is 1. The summed E-state index contributed by atoms with van der Waals surface area (Å²) in [5.41, 5.74) is 15.7. The lowest BCUT2D eigenvalue weighted by Gasteiger charge is -2.31. The quantitative estimate of drug-likeness (QED) is 0.190. The molecule has 1 aromatic carbocycles. The number of nitrogens with two attached hydrogens (primary N) is 2. The molecule has 4 aliphatic heterocycles. The van der Waals surface area contributed by atoms with Crippen LogP contribution in [-0.2, 0) is 33.7 Å². The third-order valence-corrected chi connectivity index (χ3v) is 12.3. The van der Waals surface area contributed by atoms with E-state index in [2.05, 4.69) is 21.7 Å². The molecule has 8 N–H and O–H groups in total. The number of guanidine groups is 1. The van der Waals surface area contributed by atoms with E-state index >= 15 is 0 Å². The van der Waals surface area contributed by atoms with Crippen LogP contribution in [0.1, 0.15) is 94.2 Å². The molecule has 1 amide bonds. The van der Waals surface area contributed by atoms with Gasteiger partial charge in [-0.2, -0.15) is 0 Å². The zero-order valence-corrected chi connectivity index (χ0v) is 31.6. The zero-order valence-electron chi connectivity index (χ0n) is 29.9. The number of aliphatic imine (C=N–C) groups is 1. The lowest BCUT2D eigenvalue weighted by Crippen LogP contribution is -2.37. The predicted molar refractivity (Wildman–Crippen MR) is 204 cm³/mol. The van der Waals surface area contributed by atoms with Gasteiger partial charge < -0.3 is 46.7 Å². The van der Waals surface area contributed by atoms with Crippen molar-refractivity contribution in [2.45, 2.75) is 109 Å². The van der Waals surface area contributed by atoms with Gasteiger partial charge in [0.05, 0.1) is 24.4 Å². The molecule has 0 spiro atoms.